The van der Waals surface area contributed by atoms with E-state index in [1.165, 1.54) is 35.3 Å². The minimum absolute atomic E-state index is 0.165. The summed E-state index contributed by atoms with van der Waals surface area (Å²) in [5.74, 6) is -0.268. The lowest BCUT2D eigenvalue weighted by Gasteiger charge is -2.09. The summed E-state index contributed by atoms with van der Waals surface area (Å²) >= 11 is 0. The Bertz CT molecular complexity index is 1210. The number of benzene rings is 2. The van der Waals surface area contributed by atoms with Crippen LogP contribution >= 0.6 is 0 Å². The van der Waals surface area contributed by atoms with Crippen molar-refractivity contribution in [3.63, 3.8) is 0 Å². The second-order valence-electron chi connectivity index (χ2n) is 6.84. The number of aromatic nitrogens is 5. The highest BCUT2D eigenvalue weighted by molar-refractivity contribution is 5.92. The van der Waals surface area contributed by atoms with E-state index in [4.69, 9.17) is 0 Å². The zero-order valence-electron chi connectivity index (χ0n) is 16.3. The first-order chi connectivity index (χ1) is 14.7. The maximum Gasteiger partial charge on any atom is 0.573 e. The summed E-state index contributed by atoms with van der Waals surface area (Å²) in [5.41, 5.74) is 2.49. The molecule has 2 heterocycles. The number of nitrogens with zero attached hydrogens (tertiary/aromatic N) is 5. The minimum Gasteiger partial charge on any atom is -0.406 e. The Balaban J connectivity index is 1.34. The van der Waals surface area contributed by atoms with Crippen molar-refractivity contribution in [2.45, 2.75) is 19.3 Å². The predicted molar refractivity (Wildman–Crippen MR) is 105 cm³/mol. The van der Waals surface area contributed by atoms with Crippen LogP contribution in [0.4, 0.5) is 19.0 Å². The largest absolute Gasteiger partial charge is 0.573 e. The molecule has 0 bridgehead atoms. The maximum absolute atomic E-state index is 12.3. The fraction of sp³-hybridized carbons (Fsp3) is 0.200. The van der Waals surface area contributed by atoms with E-state index in [0.29, 0.717) is 5.56 Å². The number of rotatable bonds is 6. The smallest absolute Gasteiger partial charge is 0.406 e. The second kappa shape index (κ2) is 8.09. The minimum atomic E-state index is -4.73. The van der Waals surface area contributed by atoms with E-state index >= 15 is 0 Å². The molecule has 0 unspecified atom stereocenters. The molecule has 160 valence electrons. The molecule has 2 aromatic carbocycles. The van der Waals surface area contributed by atoms with Crippen molar-refractivity contribution in [2.75, 3.05) is 5.32 Å². The van der Waals surface area contributed by atoms with E-state index < -0.39 is 6.36 Å². The summed E-state index contributed by atoms with van der Waals surface area (Å²) in [6.45, 7) is 0.222. The molecule has 0 atom stereocenters. The number of aryl methyl sites for hydroxylation is 1. The Morgan fingerprint density at radius 2 is 1.81 bits per heavy atom. The molecule has 0 aliphatic rings. The van der Waals surface area contributed by atoms with Crippen LogP contribution in [-0.2, 0) is 24.8 Å². The molecule has 0 fully saturated rings. The Labute approximate surface area is 174 Å². The van der Waals surface area contributed by atoms with Gasteiger partial charge in [-0.15, -0.1) is 18.3 Å². The van der Waals surface area contributed by atoms with Gasteiger partial charge in [0.15, 0.2) is 5.82 Å². The fourth-order valence-electron chi connectivity index (χ4n) is 3.09. The molecular weight excluding hydrogens is 413 g/mol. The molecule has 31 heavy (non-hydrogen) atoms. The van der Waals surface area contributed by atoms with Crippen molar-refractivity contribution in [3.05, 3.63) is 66.0 Å². The highest BCUT2D eigenvalue weighted by Crippen LogP contribution is 2.23. The first-order valence-electron chi connectivity index (χ1n) is 9.20. The average Bonchev–Trinajstić information content (AvgIpc) is 3.28. The number of carbonyl (C=O) groups is 1. The van der Waals surface area contributed by atoms with Crippen LogP contribution in [0.15, 0.2) is 54.9 Å². The van der Waals surface area contributed by atoms with Gasteiger partial charge >= 0.3 is 6.36 Å². The molecule has 2 aromatic heterocycles. The Morgan fingerprint density at radius 1 is 1.06 bits per heavy atom. The summed E-state index contributed by atoms with van der Waals surface area (Å²) in [6.07, 6.45) is -1.42. The number of fused-ring (bicyclic) bond motifs is 1. The number of carbonyl (C=O) groups excluding carboxylic acids is 1. The van der Waals surface area contributed by atoms with Gasteiger partial charge in [0.05, 0.1) is 30.9 Å². The van der Waals surface area contributed by atoms with Crippen LogP contribution in [0.2, 0.25) is 0 Å². The van der Waals surface area contributed by atoms with Crippen LogP contribution in [-0.4, -0.2) is 37.0 Å². The third-order valence-corrected chi connectivity index (χ3v) is 4.46. The first-order valence-corrected chi connectivity index (χ1v) is 9.20. The number of hydrogen-bond donors (Lipinski definition) is 1. The molecule has 11 heteroatoms. The summed E-state index contributed by atoms with van der Waals surface area (Å²) in [4.78, 5) is 13.7. The average molecular weight is 430 g/mol. The topological polar surface area (TPSA) is 86.9 Å². The summed E-state index contributed by atoms with van der Waals surface area (Å²) in [6, 6.07) is 11.1. The summed E-state index contributed by atoms with van der Waals surface area (Å²) < 4.78 is 42.3. The van der Waals surface area contributed by atoms with Crippen molar-refractivity contribution in [2.24, 2.45) is 7.05 Å². The third-order valence-electron chi connectivity index (χ3n) is 4.46. The van der Waals surface area contributed by atoms with Crippen LogP contribution < -0.4 is 10.1 Å². The number of alkyl halides is 3. The van der Waals surface area contributed by atoms with Crippen LogP contribution in [0.3, 0.4) is 0 Å². The normalized spacial score (nSPS) is 11.6. The fourth-order valence-corrected chi connectivity index (χ4v) is 3.09. The maximum atomic E-state index is 12.3. The van der Waals surface area contributed by atoms with Gasteiger partial charge in [-0.25, -0.2) is 0 Å². The number of amides is 1. The molecular formula is C20H17F3N6O2. The van der Waals surface area contributed by atoms with Crippen LogP contribution in [0, 0.1) is 0 Å². The highest BCUT2D eigenvalue weighted by atomic mass is 19.4. The number of nitrogens with one attached hydrogen (secondary N) is 1. The molecule has 0 aliphatic heterocycles. The third kappa shape index (κ3) is 5.18. The molecule has 0 saturated heterocycles. The zero-order valence-corrected chi connectivity index (χ0v) is 16.3. The summed E-state index contributed by atoms with van der Waals surface area (Å²) in [5, 5.41) is 16.1. The van der Waals surface area contributed by atoms with Crippen LogP contribution in [0.25, 0.3) is 10.9 Å². The van der Waals surface area contributed by atoms with E-state index in [2.05, 4.69) is 25.3 Å². The van der Waals surface area contributed by atoms with E-state index in [-0.39, 0.29) is 30.4 Å². The van der Waals surface area contributed by atoms with E-state index in [1.54, 1.807) is 10.9 Å². The lowest BCUT2D eigenvalue weighted by atomic mass is 10.1. The number of halogens is 3. The molecule has 4 aromatic rings. The van der Waals surface area contributed by atoms with E-state index in [9.17, 15) is 18.0 Å². The molecule has 0 radical (unpaired) electrons. The Hall–Kier alpha value is -3.89. The molecule has 0 spiro atoms. The van der Waals surface area contributed by atoms with Crippen molar-refractivity contribution in [3.8, 4) is 5.75 Å². The molecule has 4 rings (SSSR count). The molecule has 1 N–H and O–H groups in total. The number of hydrogen-bond acceptors (Lipinski definition) is 5. The van der Waals surface area contributed by atoms with Gasteiger partial charge in [-0.2, -0.15) is 15.0 Å². The predicted octanol–water partition coefficient (Wildman–Crippen LogP) is 3.29. The Morgan fingerprint density at radius 3 is 2.55 bits per heavy atom. The van der Waals surface area contributed by atoms with Gasteiger partial charge in [-0.1, -0.05) is 18.2 Å². The molecule has 0 saturated carbocycles. The van der Waals surface area contributed by atoms with Crippen molar-refractivity contribution < 1.29 is 22.7 Å². The van der Waals surface area contributed by atoms with Gasteiger partial charge in [0.2, 0.25) is 5.91 Å². The van der Waals surface area contributed by atoms with Crippen molar-refractivity contribution >= 4 is 22.6 Å². The van der Waals surface area contributed by atoms with E-state index in [0.717, 1.165) is 16.5 Å². The van der Waals surface area contributed by atoms with Gasteiger partial charge < -0.3 is 10.1 Å². The van der Waals surface area contributed by atoms with Gasteiger partial charge in [0.1, 0.15) is 5.75 Å². The van der Waals surface area contributed by atoms with Gasteiger partial charge in [0, 0.05) is 12.4 Å². The number of ether oxygens (including phenoxy) is 1. The quantitative estimate of drug-likeness (QED) is 0.507. The zero-order chi connectivity index (χ0) is 22.0. The highest BCUT2D eigenvalue weighted by Gasteiger charge is 2.30. The second-order valence-corrected chi connectivity index (χ2v) is 6.84. The van der Waals surface area contributed by atoms with E-state index in [1.807, 2.05) is 25.2 Å². The molecule has 0 aliphatic carbocycles. The first kappa shape index (κ1) is 20.4. The van der Waals surface area contributed by atoms with Gasteiger partial charge in [0.25, 0.3) is 0 Å². The standard InChI is InChI=1S/C20H17F3N6O2/c1-28-17-7-4-14(8-15(17)10-24-28)9-19(30)26-18-11-25-29(27-18)12-13-2-5-16(6-3-13)31-20(21,22)23/h2-8,10-11H,9,12H2,1H3,(H,26,27,30). The summed E-state index contributed by atoms with van der Waals surface area (Å²) in [7, 11) is 1.85. The monoisotopic (exact) mass is 430 g/mol. The lowest BCUT2D eigenvalue weighted by Crippen LogP contribution is -2.17. The number of anilines is 1. The van der Waals surface area contributed by atoms with Crippen LogP contribution in [0.5, 0.6) is 5.75 Å². The SMILES string of the molecule is Cn1ncc2cc(CC(=O)Nc3cnn(Cc4ccc(OC(F)(F)F)cc4)n3)ccc21. The van der Waals surface area contributed by atoms with Crippen molar-refractivity contribution in [1.82, 2.24) is 24.8 Å². The van der Waals surface area contributed by atoms with Crippen LogP contribution in [0.1, 0.15) is 11.1 Å². The lowest BCUT2D eigenvalue weighted by molar-refractivity contribution is -0.274. The van der Waals surface area contributed by atoms with Gasteiger partial charge in [-0.05, 0) is 35.4 Å². The Kier molecular flexibility index (Phi) is 5.32. The van der Waals surface area contributed by atoms with Gasteiger partial charge in [-0.3, -0.25) is 9.48 Å². The van der Waals surface area contributed by atoms with Crippen molar-refractivity contribution in [1.29, 1.82) is 0 Å². The molecule has 1 amide bonds. The molecule has 8 nitrogen and oxygen atoms in total.